The molecule has 0 unspecified atom stereocenters. The summed E-state index contributed by atoms with van der Waals surface area (Å²) in [6.07, 6.45) is 0.121. The van der Waals surface area contributed by atoms with E-state index in [4.69, 9.17) is 4.74 Å². The van der Waals surface area contributed by atoms with Gasteiger partial charge in [-0.1, -0.05) is 99.6 Å². The van der Waals surface area contributed by atoms with Gasteiger partial charge in [0.05, 0.1) is 11.8 Å². The Balaban J connectivity index is 1.39. The molecule has 39 heavy (non-hydrogen) atoms. The molecule has 1 heterocycles. The van der Waals surface area contributed by atoms with Crippen molar-refractivity contribution in [3.63, 3.8) is 0 Å². The first-order valence-electron chi connectivity index (χ1n) is 13.5. The topological polar surface area (TPSA) is 80.8 Å². The second kappa shape index (κ2) is 9.30. The lowest BCUT2D eigenvalue weighted by Crippen LogP contribution is -2.48. The van der Waals surface area contributed by atoms with Gasteiger partial charge in [0.1, 0.15) is 6.04 Å². The fourth-order valence-corrected chi connectivity index (χ4v) is 6.57. The maximum absolute atomic E-state index is 14.2. The first-order valence-corrected chi connectivity index (χ1v) is 13.5. The number of carbonyl (C=O) groups is 4. The number of carbonyl (C=O) groups excluding carboxylic acids is 4. The van der Waals surface area contributed by atoms with E-state index in [9.17, 15) is 19.2 Å². The molecule has 0 saturated carbocycles. The lowest BCUT2D eigenvalue weighted by Gasteiger charge is -2.45. The Bertz CT molecular complexity index is 1370. The summed E-state index contributed by atoms with van der Waals surface area (Å²) in [6, 6.07) is 24.2. The van der Waals surface area contributed by atoms with Crippen LogP contribution in [0.1, 0.15) is 60.4 Å². The molecule has 1 saturated heterocycles. The molecular weight excluding hydrogens is 490 g/mol. The van der Waals surface area contributed by atoms with Crippen molar-refractivity contribution < 1.29 is 23.9 Å². The van der Waals surface area contributed by atoms with Crippen LogP contribution in [0, 0.1) is 17.3 Å². The van der Waals surface area contributed by atoms with Crippen LogP contribution >= 0.6 is 0 Å². The summed E-state index contributed by atoms with van der Waals surface area (Å²) in [7, 11) is 0. The van der Waals surface area contributed by atoms with Crippen molar-refractivity contribution in [1.82, 2.24) is 4.90 Å². The second-order valence-electron chi connectivity index (χ2n) is 11.8. The first-order chi connectivity index (χ1) is 18.7. The largest absolute Gasteiger partial charge is 0.456 e. The standard InChI is InChI=1S/C33H31NO5/c1-33(2,3)25(35)18-39-32(38)24(17-19-11-5-4-6-12-19)34-30(36)28-26-20-13-7-8-14-21(20)27(29(28)31(34)37)23-16-10-9-15-22(23)26/h4-16,24,26-29H,17-18H2,1-3H3/t24-,26?,27?,28-,29+/m0/s1. The van der Waals surface area contributed by atoms with Gasteiger partial charge in [0.15, 0.2) is 12.4 Å². The predicted molar refractivity (Wildman–Crippen MR) is 145 cm³/mol. The Kier molecular flexibility index (Phi) is 6.01. The van der Waals surface area contributed by atoms with Crippen LogP contribution in [0.2, 0.25) is 0 Å². The lowest BCUT2D eigenvalue weighted by molar-refractivity contribution is -0.161. The molecule has 0 radical (unpaired) electrons. The number of rotatable bonds is 6. The Morgan fingerprint density at radius 2 is 1.18 bits per heavy atom. The molecule has 0 spiro atoms. The van der Waals surface area contributed by atoms with Crippen molar-refractivity contribution in [3.05, 3.63) is 107 Å². The average Bonchev–Trinajstić information content (AvgIpc) is 3.20. The van der Waals surface area contributed by atoms with Crippen LogP contribution in [0.25, 0.3) is 0 Å². The minimum Gasteiger partial charge on any atom is -0.456 e. The summed E-state index contributed by atoms with van der Waals surface area (Å²) in [4.78, 5) is 55.7. The third kappa shape index (κ3) is 4.01. The molecule has 2 amide bonds. The zero-order chi connectivity index (χ0) is 27.5. The number of imide groups is 1. The van der Waals surface area contributed by atoms with Gasteiger partial charge in [-0.2, -0.15) is 0 Å². The van der Waals surface area contributed by atoms with Crippen LogP contribution in [0.4, 0.5) is 0 Å². The number of hydrogen-bond donors (Lipinski definition) is 0. The van der Waals surface area contributed by atoms with Crippen molar-refractivity contribution in [2.24, 2.45) is 17.3 Å². The molecule has 4 aliphatic rings. The predicted octanol–water partition coefficient (Wildman–Crippen LogP) is 4.65. The van der Waals surface area contributed by atoms with Gasteiger partial charge in [0.25, 0.3) is 0 Å². The molecule has 0 N–H and O–H groups in total. The van der Waals surface area contributed by atoms with Crippen LogP contribution < -0.4 is 0 Å². The quantitative estimate of drug-likeness (QED) is 0.349. The second-order valence-corrected chi connectivity index (χ2v) is 11.8. The molecule has 3 aromatic rings. The van der Waals surface area contributed by atoms with Crippen molar-refractivity contribution >= 4 is 23.6 Å². The monoisotopic (exact) mass is 521 g/mol. The van der Waals surface area contributed by atoms with Crippen LogP contribution in [0.5, 0.6) is 0 Å². The van der Waals surface area contributed by atoms with E-state index in [1.54, 1.807) is 20.8 Å². The third-order valence-electron chi connectivity index (χ3n) is 8.52. The van der Waals surface area contributed by atoms with Crippen molar-refractivity contribution in [2.75, 3.05) is 6.61 Å². The van der Waals surface area contributed by atoms with Gasteiger partial charge in [-0.15, -0.1) is 0 Å². The van der Waals surface area contributed by atoms with Crippen LogP contribution in [0.3, 0.4) is 0 Å². The number of amides is 2. The molecule has 2 bridgehead atoms. The fourth-order valence-electron chi connectivity index (χ4n) is 6.57. The van der Waals surface area contributed by atoms with E-state index in [0.29, 0.717) is 0 Å². The SMILES string of the molecule is CC(C)(C)C(=O)COC(=O)[C@H](Cc1ccccc1)N1C(=O)[C@@H]2C3c4ccccc4C(c4ccccc43)[C@@H]2C1=O. The highest BCUT2D eigenvalue weighted by Crippen LogP contribution is 2.61. The normalized spacial score (nSPS) is 23.6. The van der Waals surface area contributed by atoms with E-state index in [1.165, 1.54) is 0 Å². The Hall–Kier alpha value is -4.06. The molecule has 1 aliphatic heterocycles. The first kappa shape index (κ1) is 25.2. The van der Waals surface area contributed by atoms with E-state index >= 15 is 0 Å². The minimum atomic E-state index is -1.16. The summed E-state index contributed by atoms with van der Waals surface area (Å²) in [5.74, 6) is -3.35. The fraction of sp³-hybridized carbons (Fsp3) is 0.333. The van der Waals surface area contributed by atoms with Gasteiger partial charge in [-0.25, -0.2) is 4.79 Å². The summed E-state index contributed by atoms with van der Waals surface area (Å²) >= 11 is 0. The van der Waals surface area contributed by atoms with Crippen molar-refractivity contribution in [3.8, 4) is 0 Å². The zero-order valence-electron chi connectivity index (χ0n) is 22.3. The molecule has 3 atom stereocenters. The van der Waals surface area contributed by atoms with Crippen molar-refractivity contribution in [2.45, 2.75) is 45.1 Å². The van der Waals surface area contributed by atoms with E-state index in [0.717, 1.165) is 32.7 Å². The third-order valence-corrected chi connectivity index (χ3v) is 8.52. The number of ketones is 1. The molecule has 7 rings (SSSR count). The van der Waals surface area contributed by atoms with E-state index in [-0.39, 0.29) is 35.9 Å². The summed E-state index contributed by atoms with van der Waals surface area (Å²) in [5.41, 5.74) is 4.41. The maximum atomic E-state index is 14.2. The van der Waals surface area contributed by atoms with E-state index in [2.05, 4.69) is 0 Å². The number of ether oxygens (including phenoxy) is 1. The molecule has 1 fully saturated rings. The molecule has 6 nitrogen and oxygen atoms in total. The van der Waals surface area contributed by atoms with Crippen LogP contribution in [-0.2, 0) is 30.3 Å². The Morgan fingerprint density at radius 3 is 1.62 bits per heavy atom. The smallest absolute Gasteiger partial charge is 0.330 e. The maximum Gasteiger partial charge on any atom is 0.330 e. The number of Topliss-reactive ketones (excluding diaryl/α,β-unsaturated/α-hetero) is 1. The number of benzene rings is 3. The lowest BCUT2D eigenvalue weighted by atomic mass is 9.55. The number of hydrogen-bond acceptors (Lipinski definition) is 5. The van der Waals surface area contributed by atoms with Gasteiger partial charge in [-0.05, 0) is 27.8 Å². The van der Waals surface area contributed by atoms with Gasteiger partial charge in [0, 0.05) is 23.7 Å². The van der Waals surface area contributed by atoms with Gasteiger partial charge in [-0.3, -0.25) is 19.3 Å². The van der Waals surface area contributed by atoms with Crippen LogP contribution in [0.15, 0.2) is 78.9 Å². The van der Waals surface area contributed by atoms with Gasteiger partial charge >= 0.3 is 5.97 Å². The number of esters is 1. The molecule has 0 aromatic heterocycles. The van der Waals surface area contributed by atoms with Gasteiger partial charge in [0.2, 0.25) is 11.8 Å². The summed E-state index contributed by atoms with van der Waals surface area (Å²) in [6.45, 7) is 4.87. The summed E-state index contributed by atoms with van der Waals surface area (Å²) in [5, 5.41) is 0. The van der Waals surface area contributed by atoms with Crippen LogP contribution in [-0.4, -0.2) is 41.1 Å². The molecule has 198 valence electrons. The van der Waals surface area contributed by atoms with E-state index in [1.807, 2.05) is 78.9 Å². The number of likely N-dealkylation sites (tertiary alicyclic amines) is 1. The van der Waals surface area contributed by atoms with Crippen molar-refractivity contribution in [1.29, 1.82) is 0 Å². The highest BCUT2D eigenvalue weighted by atomic mass is 16.5. The van der Waals surface area contributed by atoms with E-state index < -0.39 is 35.9 Å². The highest BCUT2D eigenvalue weighted by molar-refractivity contribution is 6.10. The number of nitrogens with zero attached hydrogens (tertiary/aromatic N) is 1. The molecule has 6 heteroatoms. The average molecular weight is 522 g/mol. The minimum absolute atomic E-state index is 0.121. The summed E-state index contributed by atoms with van der Waals surface area (Å²) < 4.78 is 5.49. The Labute approximate surface area is 228 Å². The molecule has 3 aromatic carbocycles. The van der Waals surface area contributed by atoms with Gasteiger partial charge < -0.3 is 4.74 Å². The molecule has 3 aliphatic carbocycles. The highest BCUT2D eigenvalue weighted by Gasteiger charge is 2.63. The molecular formula is C33H31NO5. The zero-order valence-corrected chi connectivity index (χ0v) is 22.3. The Morgan fingerprint density at radius 1 is 0.744 bits per heavy atom.